The Labute approximate surface area is 142 Å². The van der Waals surface area contributed by atoms with Crippen molar-refractivity contribution >= 4 is 23.2 Å². The standard InChI is InChI=1S/C18H14F2N4O/c1-11-5-7-12(8-6-11)22-17(25)15-9-10-21-18(23-15)24-16-13(19)3-2-4-14(16)20/h2-10H,1H3,(H,22,25)(H,21,23,24). The summed E-state index contributed by atoms with van der Waals surface area (Å²) in [6.45, 7) is 1.94. The molecule has 0 aliphatic heterocycles. The van der Waals surface area contributed by atoms with Gasteiger partial charge in [0.05, 0.1) is 0 Å². The van der Waals surface area contributed by atoms with E-state index in [0.717, 1.165) is 17.7 Å². The minimum Gasteiger partial charge on any atom is -0.321 e. The summed E-state index contributed by atoms with van der Waals surface area (Å²) >= 11 is 0. The fourth-order valence-electron chi connectivity index (χ4n) is 2.11. The number of benzene rings is 2. The number of hydrogen-bond acceptors (Lipinski definition) is 4. The summed E-state index contributed by atoms with van der Waals surface area (Å²) < 4.78 is 27.4. The molecule has 0 atom stereocenters. The molecule has 2 aromatic carbocycles. The highest BCUT2D eigenvalue weighted by Crippen LogP contribution is 2.21. The number of hydrogen-bond donors (Lipinski definition) is 2. The number of amides is 1. The minimum atomic E-state index is -0.780. The van der Waals surface area contributed by atoms with E-state index in [1.165, 1.54) is 18.3 Å². The van der Waals surface area contributed by atoms with E-state index in [1.54, 1.807) is 12.1 Å². The monoisotopic (exact) mass is 340 g/mol. The molecule has 7 heteroatoms. The quantitative estimate of drug-likeness (QED) is 0.752. The smallest absolute Gasteiger partial charge is 0.274 e. The number of carbonyl (C=O) groups is 1. The number of rotatable bonds is 4. The van der Waals surface area contributed by atoms with Gasteiger partial charge in [0.25, 0.3) is 5.91 Å². The maximum absolute atomic E-state index is 13.7. The Balaban J connectivity index is 1.79. The SMILES string of the molecule is Cc1ccc(NC(=O)c2ccnc(Nc3c(F)cccc3F)n2)cc1. The van der Waals surface area contributed by atoms with Gasteiger partial charge in [0, 0.05) is 11.9 Å². The number of aryl methyl sites for hydroxylation is 1. The molecular weight excluding hydrogens is 326 g/mol. The topological polar surface area (TPSA) is 66.9 Å². The normalized spacial score (nSPS) is 10.4. The summed E-state index contributed by atoms with van der Waals surface area (Å²) in [5.74, 6) is -2.10. The lowest BCUT2D eigenvalue weighted by Gasteiger charge is -2.09. The fourth-order valence-corrected chi connectivity index (χ4v) is 2.11. The first kappa shape index (κ1) is 16.5. The molecule has 126 valence electrons. The third kappa shape index (κ3) is 3.95. The number of nitrogens with one attached hydrogen (secondary N) is 2. The van der Waals surface area contributed by atoms with Crippen LogP contribution in [-0.2, 0) is 0 Å². The van der Waals surface area contributed by atoms with Gasteiger partial charge in [-0.3, -0.25) is 4.79 Å². The Morgan fingerprint density at radius 2 is 1.68 bits per heavy atom. The number of nitrogens with zero attached hydrogens (tertiary/aromatic N) is 2. The first-order valence-corrected chi connectivity index (χ1v) is 7.45. The van der Waals surface area contributed by atoms with Crippen molar-refractivity contribution in [3.05, 3.63) is 77.6 Å². The summed E-state index contributed by atoms with van der Waals surface area (Å²) in [6.07, 6.45) is 1.33. The maximum atomic E-state index is 13.7. The number of aromatic nitrogens is 2. The molecule has 0 spiro atoms. The van der Waals surface area contributed by atoms with E-state index in [-0.39, 0.29) is 17.3 Å². The van der Waals surface area contributed by atoms with E-state index in [2.05, 4.69) is 20.6 Å². The molecule has 1 heterocycles. The van der Waals surface area contributed by atoms with Gasteiger partial charge in [-0.1, -0.05) is 23.8 Å². The molecule has 0 unspecified atom stereocenters. The summed E-state index contributed by atoms with van der Waals surface area (Å²) in [5.41, 5.74) is 1.37. The maximum Gasteiger partial charge on any atom is 0.274 e. The average Bonchev–Trinajstić information content (AvgIpc) is 2.60. The molecule has 0 saturated heterocycles. The van der Waals surface area contributed by atoms with E-state index in [4.69, 9.17) is 0 Å². The zero-order chi connectivity index (χ0) is 17.8. The van der Waals surface area contributed by atoms with Crippen molar-refractivity contribution in [1.82, 2.24) is 9.97 Å². The summed E-state index contributed by atoms with van der Waals surface area (Å²) in [7, 11) is 0. The second-order valence-corrected chi connectivity index (χ2v) is 5.31. The lowest BCUT2D eigenvalue weighted by molar-refractivity contribution is 0.102. The highest BCUT2D eigenvalue weighted by atomic mass is 19.1. The van der Waals surface area contributed by atoms with Crippen LogP contribution in [0.4, 0.5) is 26.1 Å². The Morgan fingerprint density at radius 3 is 2.36 bits per heavy atom. The molecule has 1 amide bonds. The Kier molecular flexibility index (Phi) is 4.65. The van der Waals surface area contributed by atoms with Crippen LogP contribution in [-0.4, -0.2) is 15.9 Å². The second-order valence-electron chi connectivity index (χ2n) is 5.31. The third-order valence-corrected chi connectivity index (χ3v) is 3.40. The predicted octanol–water partition coefficient (Wildman–Crippen LogP) is 4.06. The Morgan fingerprint density at radius 1 is 1.00 bits per heavy atom. The Hall–Kier alpha value is -3.35. The van der Waals surface area contributed by atoms with Crippen molar-refractivity contribution in [2.24, 2.45) is 0 Å². The van der Waals surface area contributed by atoms with E-state index in [9.17, 15) is 13.6 Å². The molecule has 25 heavy (non-hydrogen) atoms. The largest absolute Gasteiger partial charge is 0.321 e. The van der Waals surface area contributed by atoms with Crippen LogP contribution >= 0.6 is 0 Å². The zero-order valence-electron chi connectivity index (χ0n) is 13.3. The van der Waals surface area contributed by atoms with Gasteiger partial charge in [0.1, 0.15) is 23.0 Å². The highest BCUT2D eigenvalue weighted by molar-refractivity contribution is 6.03. The first-order valence-electron chi connectivity index (χ1n) is 7.45. The molecule has 3 rings (SSSR count). The van der Waals surface area contributed by atoms with Crippen molar-refractivity contribution in [2.75, 3.05) is 10.6 Å². The van der Waals surface area contributed by atoms with E-state index in [0.29, 0.717) is 5.69 Å². The molecular formula is C18H14F2N4O. The number of anilines is 3. The molecule has 5 nitrogen and oxygen atoms in total. The lowest BCUT2D eigenvalue weighted by Crippen LogP contribution is -2.15. The van der Waals surface area contributed by atoms with E-state index in [1.807, 2.05) is 19.1 Å². The van der Waals surface area contributed by atoms with Crippen molar-refractivity contribution in [2.45, 2.75) is 6.92 Å². The van der Waals surface area contributed by atoms with Crippen LogP contribution in [0.3, 0.4) is 0 Å². The molecule has 0 aliphatic carbocycles. The van der Waals surface area contributed by atoms with Crippen LogP contribution in [0.1, 0.15) is 16.1 Å². The van der Waals surface area contributed by atoms with Crippen LogP contribution < -0.4 is 10.6 Å². The predicted molar refractivity (Wildman–Crippen MR) is 90.8 cm³/mol. The molecule has 0 bridgehead atoms. The van der Waals surface area contributed by atoms with Gasteiger partial charge in [-0.25, -0.2) is 18.7 Å². The third-order valence-electron chi connectivity index (χ3n) is 3.40. The summed E-state index contributed by atoms with van der Waals surface area (Å²) in [6, 6.07) is 12.1. The second kappa shape index (κ2) is 7.04. The van der Waals surface area contributed by atoms with Crippen molar-refractivity contribution in [3.63, 3.8) is 0 Å². The summed E-state index contributed by atoms with van der Waals surface area (Å²) in [4.78, 5) is 20.1. The molecule has 0 saturated carbocycles. The van der Waals surface area contributed by atoms with Crippen LogP contribution in [0.25, 0.3) is 0 Å². The molecule has 2 N–H and O–H groups in total. The van der Waals surface area contributed by atoms with Crippen molar-refractivity contribution in [1.29, 1.82) is 0 Å². The minimum absolute atomic E-state index is 0.0647. The number of para-hydroxylation sites is 1. The summed E-state index contributed by atoms with van der Waals surface area (Å²) in [5, 5.41) is 5.15. The van der Waals surface area contributed by atoms with Crippen LogP contribution in [0, 0.1) is 18.6 Å². The van der Waals surface area contributed by atoms with Crippen LogP contribution in [0.2, 0.25) is 0 Å². The van der Waals surface area contributed by atoms with Gasteiger partial charge in [-0.05, 0) is 37.3 Å². The Bertz CT molecular complexity index is 893. The molecule has 3 aromatic rings. The molecule has 0 fully saturated rings. The van der Waals surface area contributed by atoms with E-state index < -0.39 is 17.5 Å². The number of carbonyl (C=O) groups excluding carboxylic acids is 1. The van der Waals surface area contributed by atoms with Crippen molar-refractivity contribution in [3.8, 4) is 0 Å². The number of halogens is 2. The van der Waals surface area contributed by atoms with Crippen LogP contribution in [0.15, 0.2) is 54.7 Å². The van der Waals surface area contributed by atoms with Crippen LogP contribution in [0.5, 0.6) is 0 Å². The van der Waals surface area contributed by atoms with Gasteiger partial charge >= 0.3 is 0 Å². The highest BCUT2D eigenvalue weighted by Gasteiger charge is 2.13. The zero-order valence-corrected chi connectivity index (χ0v) is 13.3. The van der Waals surface area contributed by atoms with E-state index >= 15 is 0 Å². The van der Waals surface area contributed by atoms with Gasteiger partial charge < -0.3 is 10.6 Å². The molecule has 0 aliphatic rings. The van der Waals surface area contributed by atoms with Gasteiger partial charge in [0.15, 0.2) is 0 Å². The molecule has 0 radical (unpaired) electrons. The molecule has 1 aromatic heterocycles. The van der Waals surface area contributed by atoms with Gasteiger partial charge in [-0.15, -0.1) is 0 Å². The fraction of sp³-hybridized carbons (Fsp3) is 0.0556. The average molecular weight is 340 g/mol. The van der Waals surface area contributed by atoms with Gasteiger partial charge in [0.2, 0.25) is 5.95 Å². The van der Waals surface area contributed by atoms with Gasteiger partial charge in [-0.2, -0.15) is 0 Å². The van der Waals surface area contributed by atoms with Crippen molar-refractivity contribution < 1.29 is 13.6 Å². The first-order chi connectivity index (χ1) is 12.0. The lowest BCUT2D eigenvalue weighted by atomic mass is 10.2.